The third kappa shape index (κ3) is 3.05. The van der Waals surface area contributed by atoms with Gasteiger partial charge in [0.25, 0.3) is 5.56 Å². The number of ether oxygens (including phenoxy) is 2. The Morgan fingerprint density at radius 3 is 2.68 bits per heavy atom. The number of allylic oxidation sites excluding steroid dienone is 1. The predicted octanol–water partition coefficient (Wildman–Crippen LogP) is 2.88. The first-order valence-corrected chi connectivity index (χ1v) is 9.61. The van der Waals surface area contributed by atoms with Gasteiger partial charge in [-0.2, -0.15) is 9.50 Å². The van der Waals surface area contributed by atoms with Gasteiger partial charge in [-0.25, -0.2) is 0 Å². The van der Waals surface area contributed by atoms with Crippen LogP contribution in [0.5, 0.6) is 11.5 Å². The molecule has 4 aromatic rings. The first-order chi connectivity index (χ1) is 13.8. The van der Waals surface area contributed by atoms with E-state index in [9.17, 15) is 4.79 Å². The van der Waals surface area contributed by atoms with Gasteiger partial charge in [0, 0.05) is 0 Å². The molecule has 6 nitrogen and oxygen atoms in total. The van der Waals surface area contributed by atoms with E-state index >= 15 is 0 Å². The van der Waals surface area contributed by atoms with Crippen molar-refractivity contribution in [2.45, 2.75) is 6.10 Å². The van der Waals surface area contributed by atoms with E-state index in [1.54, 1.807) is 6.08 Å². The predicted molar refractivity (Wildman–Crippen MR) is 108 cm³/mol. The molecule has 2 aromatic carbocycles. The Hall–Kier alpha value is -3.45. The Kier molecular flexibility index (Phi) is 4.14. The van der Waals surface area contributed by atoms with Gasteiger partial charge in [0.1, 0.15) is 6.61 Å². The Labute approximate surface area is 164 Å². The van der Waals surface area contributed by atoms with Crippen LogP contribution in [-0.2, 0) is 0 Å². The lowest BCUT2D eigenvalue weighted by atomic mass is 10.2. The summed E-state index contributed by atoms with van der Waals surface area (Å²) >= 11 is 1.30. The van der Waals surface area contributed by atoms with Crippen LogP contribution in [0.1, 0.15) is 17.5 Å². The second kappa shape index (κ2) is 6.94. The van der Waals surface area contributed by atoms with Gasteiger partial charge in [-0.3, -0.25) is 4.79 Å². The zero-order valence-corrected chi connectivity index (χ0v) is 15.5. The molecular formula is C21H15N3O3S. The van der Waals surface area contributed by atoms with E-state index in [1.165, 1.54) is 15.9 Å². The fourth-order valence-corrected chi connectivity index (χ4v) is 3.82. The molecule has 138 valence electrons. The minimum Gasteiger partial charge on any atom is -0.485 e. The number of thiazole rings is 1. The Morgan fingerprint density at radius 2 is 1.86 bits per heavy atom. The van der Waals surface area contributed by atoms with Gasteiger partial charge in [0.2, 0.25) is 4.96 Å². The molecule has 5 rings (SSSR count). The van der Waals surface area contributed by atoms with Crippen molar-refractivity contribution in [3.63, 3.8) is 0 Å². The van der Waals surface area contributed by atoms with E-state index in [0.717, 1.165) is 5.56 Å². The largest absolute Gasteiger partial charge is 0.485 e. The molecule has 3 heterocycles. The smallest absolute Gasteiger partial charge is 0.291 e. The molecule has 0 N–H and O–H groups in total. The van der Waals surface area contributed by atoms with Gasteiger partial charge in [-0.05, 0) is 23.8 Å². The standard InChI is InChI=1S/C21H15N3O3S/c25-20-18(12-6-9-14-7-2-1-3-8-14)28-21-22-19(23-24(20)21)17-13-26-15-10-4-5-11-16(15)27-17/h1-12,17H,13H2/b9-6+,18-12-/t17-/m0/s1. The molecule has 0 unspecified atom stereocenters. The fraction of sp³-hybridized carbons (Fsp3) is 0.0952. The van der Waals surface area contributed by atoms with Crippen molar-refractivity contribution in [3.8, 4) is 11.5 Å². The van der Waals surface area contributed by atoms with Gasteiger partial charge in [0.05, 0.1) is 4.53 Å². The number of aromatic nitrogens is 3. The van der Waals surface area contributed by atoms with E-state index in [2.05, 4.69) is 10.1 Å². The first-order valence-electron chi connectivity index (χ1n) is 8.79. The van der Waals surface area contributed by atoms with Crippen LogP contribution in [-0.4, -0.2) is 21.2 Å². The van der Waals surface area contributed by atoms with Crippen molar-refractivity contribution in [2.75, 3.05) is 6.61 Å². The van der Waals surface area contributed by atoms with Crippen molar-refractivity contribution in [3.05, 3.63) is 86.9 Å². The molecule has 0 aliphatic carbocycles. The molecule has 0 saturated carbocycles. The average Bonchev–Trinajstić information content (AvgIpc) is 3.28. The van der Waals surface area contributed by atoms with Gasteiger partial charge < -0.3 is 9.47 Å². The fourth-order valence-electron chi connectivity index (χ4n) is 2.96. The van der Waals surface area contributed by atoms with E-state index < -0.39 is 6.10 Å². The van der Waals surface area contributed by atoms with Crippen LogP contribution in [0.3, 0.4) is 0 Å². The Bertz CT molecular complexity index is 1280. The molecule has 1 aliphatic rings. The normalized spacial score (nSPS) is 16.9. The topological polar surface area (TPSA) is 65.7 Å². The summed E-state index contributed by atoms with van der Waals surface area (Å²) in [6, 6.07) is 17.4. The molecule has 0 radical (unpaired) electrons. The third-order valence-electron chi connectivity index (χ3n) is 4.33. The summed E-state index contributed by atoms with van der Waals surface area (Å²) in [6.45, 7) is 0.307. The maximum atomic E-state index is 12.6. The summed E-state index contributed by atoms with van der Waals surface area (Å²) in [5.41, 5.74) is 0.885. The summed E-state index contributed by atoms with van der Waals surface area (Å²) < 4.78 is 13.5. The van der Waals surface area contributed by atoms with E-state index in [1.807, 2.05) is 66.7 Å². The van der Waals surface area contributed by atoms with E-state index in [-0.39, 0.29) is 5.56 Å². The number of benzene rings is 2. The molecule has 0 spiro atoms. The zero-order valence-electron chi connectivity index (χ0n) is 14.7. The molecule has 0 fully saturated rings. The third-order valence-corrected chi connectivity index (χ3v) is 5.31. The number of nitrogens with zero attached hydrogens (tertiary/aromatic N) is 3. The molecular weight excluding hydrogens is 374 g/mol. The van der Waals surface area contributed by atoms with Crippen LogP contribution in [0.25, 0.3) is 17.1 Å². The maximum absolute atomic E-state index is 12.6. The van der Waals surface area contributed by atoms with E-state index in [4.69, 9.17) is 9.47 Å². The molecule has 0 bridgehead atoms. The van der Waals surface area contributed by atoms with Gasteiger partial charge in [0.15, 0.2) is 23.4 Å². The van der Waals surface area contributed by atoms with Crippen LogP contribution >= 0.6 is 11.3 Å². The summed E-state index contributed by atoms with van der Waals surface area (Å²) in [4.78, 5) is 17.6. The van der Waals surface area contributed by atoms with Crippen LogP contribution in [0, 0.1) is 0 Å². The molecule has 28 heavy (non-hydrogen) atoms. The zero-order chi connectivity index (χ0) is 18.9. The lowest BCUT2D eigenvalue weighted by Crippen LogP contribution is -2.25. The maximum Gasteiger partial charge on any atom is 0.291 e. The molecule has 1 aliphatic heterocycles. The van der Waals surface area contributed by atoms with Crippen molar-refractivity contribution >= 4 is 28.4 Å². The van der Waals surface area contributed by atoms with Crippen LogP contribution in [0.15, 0.2) is 65.5 Å². The summed E-state index contributed by atoms with van der Waals surface area (Å²) in [6.07, 6.45) is 5.15. The summed E-state index contributed by atoms with van der Waals surface area (Å²) in [7, 11) is 0. The first kappa shape index (κ1) is 16.7. The number of fused-ring (bicyclic) bond motifs is 2. The van der Waals surface area contributed by atoms with Gasteiger partial charge in [-0.1, -0.05) is 66.0 Å². The van der Waals surface area contributed by atoms with Crippen molar-refractivity contribution in [2.24, 2.45) is 0 Å². The van der Waals surface area contributed by atoms with Gasteiger partial charge in [-0.15, -0.1) is 5.10 Å². The second-order valence-electron chi connectivity index (χ2n) is 6.24. The average molecular weight is 389 g/mol. The summed E-state index contributed by atoms with van der Waals surface area (Å²) in [5.74, 6) is 1.80. The highest BCUT2D eigenvalue weighted by Gasteiger charge is 2.26. The quantitative estimate of drug-likeness (QED) is 0.539. The SMILES string of the molecule is O=c1/c(=C/C=C/c2ccccc2)sc2nc([C@@H]3COc4ccccc4O3)nn12. The van der Waals surface area contributed by atoms with Crippen molar-refractivity contribution in [1.29, 1.82) is 0 Å². The van der Waals surface area contributed by atoms with Crippen molar-refractivity contribution in [1.82, 2.24) is 14.6 Å². The minimum absolute atomic E-state index is 0.186. The lowest BCUT2D eigenvalue weighted by Gasteiger charge is -2.24. The minimum atomic E-state index is -0.438. The number of hydrogen-bond acceptors (Lipinski definition) is 6. The number of hydrogen-bond donors (Lipinski definition) is 0. The molecule has 0 saturated heterocycles. The number of para-hydroxylation sites is 2. The molecule has 1 atom stereocenters. The lowest BCUT2D eigenvalue weighted by molar-refractivity contribution is 0.0852. The van der Waals surface area contributed by atoms with Crippen molar-refractivity contribution < 1.29 is 9.47 Å². The highest BCUT2D eigenvalue weighted by atomic mass is 32.1. The summed E-state index contributed by atoms with van der Waals surface area (Å²) in [5, 5.41) is 4.35. The highest BCUT2D eigenvalue weighted by molar-refractivity contribution is 7.15. The van der Waals surface area contributed by atoms with E-state index in [0.29, 0.717) is 33.4 Å². The Balaban J connectivity index is 1.42. The van der Waals surface area contributed by atoms with Crippen LogP contribution < -0.4 is 19.6 Å². The van der Waals surface area contributed by atoms with Gasteiger partial charge >= 0.3 is 0 Å². The molecule has 7 heteroatoms. The molecule has 2 aromatic heterocycles. The monoisotopic (exact) mass is 389 g/mol. The number of rotatable bonds is 3. The van der Waals surface area contributed by atoms with Crippen LogP contribution in [0.2, 0.25) is 0 Å². The molecule has 0 amide bonds. The highest BCUT2D eigenvalue weighted by Crippen LogP contribution is 2.35. The second-order valence-corrected chi connectivity index (χ2v) is 7.25. The van der Waals surface area contributed by atoms with Crippen LogP contribution in [0.4, 0.5) is 0 Å². The Morgan fingerprint density at radius 1 is 1.07 bits per heavy atom.